The third kappa shape index (κ3) is 2.77. The van der Waals surface area contributed by atoms with Crippen molar-refractivity contribution in [2.45, 2.75) is 0 Å². The van der Waals surface area contributed by atoms with Crippen molar-refractivity contribution in [3.63, 3.8) is 0 Å². The molecular weight excluding hydrogens is 318 g/mol. The van der Waals surface area contributed by atoms with E-state index in [9.17, 15) is 4.79 Å². The van der Waals surface area contributed by atoms with Crippen LogP contribution >= 0.6 is 35.6 Å². The number of ether oxygens (including phenoxy) is 2. The number of carbonyl (C=O) groups excluding carboxylic acids is 1. The third-order valence-corrected chi connectivity index (χ3v) is 4.51. The fourth-order valence-electron chi connectivity index (χ4n) is 1.72. The average molecular weight is 330 g/mol. The molecule has 0 aromatic heterocycles. The summed E-state index contributed by atoms with van der Waals surface area (Å²) >= 11 is 12.5. The van der Waals surface area contributed by atoms with Crippen molar-refractivity contribution in [1.82, 2.24) is 4.90 Å². The number of methoxy groups -OCH3 is 2. The van der Waals surface area contributed by atoms with E-state index in [1.165, 1.54) is 30.9 Å². The van der Waals surface area contributed by atoms with Gasteiger partial charge in [-0.25, -0.2) is 0 Å². The maximum atomic E-state index is 11.9. The molecule has 2 rings (SSSR count). The van der Waals surface area contributed by atoms with Gasteiger partial charge in [-0.3, -0.25) is 9.69 Å². The van der Waals surface area contributed by atoms with Crippen molar-refractivity contribution in [3.05, 3.63) is 27.6 Å². The second kappa shape index (κ2) is 6.03. The quantitative estimate of drug-likeness (QED) is 0.629. The minimum atomic E-state index is -0.120. The Morgan fingerprint density at radius 3 is 2.55 bits per heavy atom. The van der Waals surface area contributed by atoms with Gasteiger partial charge in [-0.15, -0.1) is 0 Å². The van der Waals surface area contributed by atoms with Crippen molar-refractivity contribution in [2.24, 2.45) is 0 Å². The highest BCUT2D eigenvalue weighted by atomic mass is 35.5. The third-order valence-electron chi connectivity index (χ3n) is 2.74. The molecule has 0 spiro atoms. The van der Waals surface area contributed by atoms with E-state index in [0.29, 0.717) is 25.7 Å². The van der Waals surface area contributed by atoms with E-state index in [0.717, 1.165) is 5.56 Å². The Morgan fingerprint density at radius 2 is 2.05 bits per heavy atom. The van der Waals surface area contributed by atoms with Gasteiger partial charge in [-0.1, -0.05) is 35.6 Å². The van der Waals surface area contributed by atoms with Gasteiger partial charge in [-0.05, 0) is 23.8 Å². The molecule has 106 valence electrons. The number of thiocarbonyl (C=S) groups is 1. The van der Waals surface area contributed by atoms with Gasteiger partial charge in [0.25, 0.3) is 5.91 Å². The summed E-state index contributed by atoms with van der Waals surface area (Å²) in [6.45, 7) is 0. The Hall–Kier alpha value is -1.24. The number of amides is 1. The highest BCUT2D eigenvalue weighted by molar-refractivity contribution is 8.26. The number of rotatable bonds is 3. The van der Waals surface area contributed by atoms with E-state index in [4.69, 9.17) is 33.3 Å². The lowest BCUT2D eigenvalue weighted by atomic mass is 10.2. The molecule has 0 unspecified atom stereocenters. The Labute approximate surface area is 131 Å². The van der Waals surface area contributed by atoms with Crippen LogP contribution in [0.15, 0.2) is 17.0 Å². The summed E-state index contributed by atoms with van der Waals surface area (Å²) in [5, 5.41) is 0.421. The number of hydrogen-bond donors (Lipinski definition) is 0. The molecule has 20 heavy (non-hydrogen) atoms. The SMILES string of the molecule is COc1cc(/C=C2\SC(=S)N(C)C2=O)cc(Cl)c1OC. The molecule has 1 aliphatic rings. The molecule has 1 aromatic rings. The molecular formula is C13H12ClNO3S2. The van der Waals surface area contributed by atoms with Crippen LogP contribution in [0.3, 0.4) is 0 Å². The predicted octanol–water partition coefficient (Wildman–Crippen LogP) is 3.19. The second-order valence-electron chi connectivity index (χ2n) is 3.98. The smallest absolute Gasteiger partial charge is 0.265 e. The number of hydrogen-bond acceptors (Lipinski definition) is 5. The molecule has 0 saturated carbocycles. The molecule has 1 heterocycles. The molecule has 1 saturated heterocycles. The maximum absolute atomic E-state index is 11.9. The molecule has 0 aliphatic carbocycles. The van der Waals surface area contributed by atoms with Crippen LogP contribution in [0.4, 0.5) is 0 Å². The van der Waals surface area contributed by atoms with Crippen LogP contribution in [-0.4, -0.2) is 36.4 Å². The number of thioether (sulfide) groups is 1. The Kier molecular flexibility index (Phi) is 4.57. The van der Waals surface area contributed by atoms with Crippen molar-refractivity contribution < 1.29 is 14.3 Å². The predicted molar refractivity (Wildman–Crippen MR) is 85.5 cm³/mol. The monoisotopic (exact) mass is 329 g/mol. The van der Waals surface area contributed by atoms with Gasteiger partial charge < -0.3 is 9.47 Å². The summed E-state index contributed by atoms with van der Waals surface area (Å²) in [5.41, 5.74) is 0.751. The molecule has 0 bridgehead atoms. The molecule has 1 aliphatic heterocycles. The number of halogens is 1. The largest absolute Gasteiger partial charge is 0.493 e. The van der Waals surface area contributed by atoms with Crippen LogP contribution in [0.1, 0.15) is 5.56 Å². The number of likely N-dealkylation sites (N-methyl/N-ethyl adjacent to an activating group) is 1. The second-order valence-corrected chi connectivity index (χ2v) is 6.06. The average Bonchev–Trinajstić information content (AvgIpc) is 2.65. The first-order valence-corrected chi connectivity index (χ1v) is 7.21. The lowest BCUT2D eigenvalue weighted by molar-refractivity contribution is -0.121. The van der Waals surface area contributed by atoms with Crippen molar-refractivity contribution >= 4 is 51.9 Å². The normalized spacial score (nSPS) is 17.0. The van der Waals surface area contributed by atoms with Crippen LogP contribution < -0.4 is 9.47 Å². The highest BCUT2D eigenvalue weighted by Crippen LogP contribution is 2.38. The molecule has 0 atom stereocenters. The molecule has 0 radical (unpaired) electrons. The zero-order valence-electron chi connectivity index (χ0n) is 11.1. The van der Waals surface area contributed by atoms with E-state index < -0.39 is 0 Å². The van der Waals surface area contributed by atoms with E-state index in [2.05, 4.69) is 0 Å². The lowest BCUT2D eigenvalue weighted by Crippen LogP contribution is -2.22. The molecule has 7 heteroatoms. The summed E-state index contributed by atoms with van der Waals surface area (Å²) in [6, 6.07) is 3.47. The maximum Gasteiger partial charge on any atom is 0.265 e. The fraction of sp³-hybridized carbons (Fsp3) is 0.231. The van der Waals surface area contributed by atoms with Gasteiger partial charge in [0, 0.05) is 7.05 Å². The Bertz CT molecular complexity index is 616. The number of nitrogens with zero attached hydrogens (tertiary/aromatic N) is 1. The number of benzene rings is 1. The van der Waals surface area contributed by atoms with Crippen molar-refractivity contribution in [2.75, 3.05) is 21.3 Å². The molecule has 1 fully saturated rings. The zero-order chi connectivity index (χ0) is 14.9. The minimum absolute atomic E-state index is 0.120. The number of carbonyl (C=O) groups is 1. The van der Waals surface area contributed by atoms with Gasteiger partial charge >= 0.3 is 0 Å². The van der Waals surface area contributed by atoms with E-state index in [-0.39, 0.29) is 5.91 Å². The zero-order valence-corrected chi connectivity index (χ0v) is 13.5. The highest BCUT2D eigenvalue weighted by Gasteiger charge is 2.28. The Balaban J connectivity index is 2.42. The first kappa shape index (κ1) is 15.2. The van der Waals surface area contributed by atoms with Gasteiger partial charge in [0.05, 0.1) is 24.1 Å². The first-order chi connectivity index (χ1) is 9.47. The first-order valence-electron chi connectivity index (χ1n) is 5.61. The van der Waals surface area contributed by atoms with Crippen LogP contribution in [0, 0.1) is 0 Å². The van der Waals surface area contributed by atoms with Gasteiger partial charge in [0.1, 0.15) is 4.32 Å². The standard InChI is InChI=1S/C13H12ClNO3S2/c1-15-12(16)10(20-13(15)19)6-7-4-8(14)11(18-3)9(5-7)17-2/h4-6H,1-3H3/b10-6-. The van der Waals surface area contributed by atoms with Gasteiger partial charge in [-0.2, -0.15) is 0 Å². The van der Waals surface area contributed by atoms with E-state index in [1.54, 1.807) is 25.3 Å². The molecule has 1 amide bonds. The topological polar surface area (TPSA) is 38.8 Å². The van der Waals surface area contributed by atoms with Crippen molar-refractivity contribution in [3.8, 4) is 11.5 Å². The van der Waals surface area contributed by atoms with Gasteiger partial charge in [0.2, 0.25) is 0 Å². The minimum Gasteiger partial charge on any atom is -0.493 e. The molecule has 1 aromatic carbocycles. The van der Waals surface area contributed by atoms with Crippen LogP contribution in [0.2, 0.25) is 5.02 Å². The molecule has 0 N–H and O–H groups in total. The summed E-state index contributed by atoms with van der Waals surface area (Å²) < 4.78 is 10.9. The fourth-order valence-corrected chi connectivity index (χ4v) is 3.19. The van der Waals surface area contributed by atoms with Gasteiger partial charge in [0.15, 0.2) is 11.5 Å². The van der Waals surface area contributed by atoms with Crippen LogP contribution in [-0.2, 0) is 4.79 Å². The van der Waals surface area contributed by atoms with Crippen LogP contribution in [0.25, 0.3) is 6.08 Å². The van der Waals surface area contributed by atoms with E-state index in [1.807, 2.05) is 0 Å². The van der Waals surface area contributed by atoms with Crippen molar-refractivity contribution in [1.29, 1.82) is 0 Å². The summed E-state index contributed by atoms with van der Waals surface area (Å²) in [5.74, 6) is 0.860. The Morgan fingerprint density at radius 1 is 1.35 bits per heavy atom. The van der Waals surface area contributed by atoms with E-state index >= 15 is 0 Å². The summed E-state index contributed by atoms with van der Waals surface area (Å²) in [6.07, 6.45) is 1.73. The summed E-state index contributed by atoms with van der Waals surface area (Å²) in [4.78, 5) is 13.9. The molecule has 4 nitrogen and oxygen atoms in total. The lowest BCUT2D eigenvalue weighted by Gasteiger charge is -2.10. The summed E-state index contributed by atoms with van der Waals surface area (Å²) in [7, 11) is 4.70. The van der Waals surface area contributed by atoms with Crippen LogP contribution in [0.5, 0.6) is 11.5 Å².